The van der Waals surface area contributed by atoms with Gasteiger partial charge in [0, 0.05) is 43.3 Å². The van der Waals surface area contributed by atoms with Gasteiger partial charge in [0.25, 0.3) is 0 Å². The van der Waals surface area contributed by atoms with Gasteiger partial charge in [0.05, 0.1) is 11.0 Å². The highest BCUT2D eigenvalue weighted by Crippen LogP contribution is 2.36. The molecule has 2 heterocycles. The van der Waals surface area contributed by atoms with E-state index in [1.165, 1.54) is 54.7 Å². The van der Waals surface area contributed by atoms with Gasteiger partial charge in [-0.05, 0) is 71.8 Å². The van der Waals surface area contributed by atoms with Gasteiger partial charge in [-0.1, -0.05) is 60.1 Å². The Labute approximate surface area is 195 Å². The van der Waals surface area contributed by atoms with Crippen LogP contribution in [-0.2, 0) is 0 Å². The van der Waals surface area contributed by atoms with Crippen molar-refractivity contribution in [1.29, 1.82) is 0 Å². The molecule has 1 N–H and O–H groups in total. The minimum absolute atomic E-state index is 0.745. The molecule has 2 aromatic heterocycles. The molecule has 0 aliphatic carbocycles. The highest BCUT2D eigenvalue weighted by Gasteiger charge is 2.13. The third-order valence-corrected chi connectivity index (χ3v) is 6.85. The van der Waals surface area contributed by atoms with E-state index in [4.69, 9.17) is 11.6 Å². The predicted molar refractivity (Wildman–Crippen MR) is 141 cm³/mol. The molecule has 2 nitrogen and oxygen atoms in total. The lowest BCUT2D eigenvalue weighted by Crippen LogP contribution is -1.93. The lowest BCUT2D eigenvalue weighted by atomic mass is 10.0. The van der Waals surface area contributed by atoms with Crippen LogP contribution in [0.25, 0.3) is 60.4 Å². The van der Waals surface area contributed by atoms with Crippen molar-refractivity contribution in [1.82, 2.24) is 9.55 Å². The molecule has 33 heavy (non-hydrogen) atoms. The van der Waals surface area contributed by atoms with Crippen LogP contribution in [-0.4, -0.2) is 9.55 Å². The van der Waals surface area contributed by atoms with Gasteiger partial charge >= 0.3 is 0 Å². The first-order valence-electron chi connectivity index (χ1n) is 11.1. The third kappa shape index (κ3) is 2.81. The molecule has 7 aromatic rings. The summed E-state index contributed by atoms with van der Waals surface area (Å²) >= 11 is 6.16. The van der Waals surface area contributed by atoms with E-state index in [1.807, 2.05) is 12.1 Å². The molecule has 0 aliphatic heterocycles. The summed E-state index contributed by atoms with van der Waals surface area (Å²) in [6, 6.07) is 38.6. The third-order valence-electron chi connectivity index (χ3n) is 6.60. The Balaban J connectivity index is 1.47. The number of rotatable bonds is 2. The molecule has 0 atom stereocenters. The number of aromatic amines is 1. The molecule has 0 saturated carbocycles. The number of hydrogen-bond acceptors (Lipinski definition) is 0. The first-order valence-corrected chi connectivity index (χ1v) is 11.4. The quantitative estimate of drug-likeness (QED) is 0.276. The van der Waals surface area contributed by atoms with E-state index in [0.29, 0.717) is 0 Å². The lowest BCUT2D eigenvalue weighted by Gasteiger charge is -2.08. The van der Waals surface area contributed by atoms with E-state index in [0.717, 1.165) is 10.7 Å². The smallest absolute Gasteiger partial charge is 0.0541 e. The van der Waals surface area contributed by atoms with Gasteiger partial charge in [-0.25, -0.2) is 0 Å². The Hall–Kier alpha value is -4.01. The second-order valence-corrected chi connectivity index (χ2v) is 8.93. The van der Waals surface area contributed by atoms with Crippen molar-refractivity contribution in [2.24, 2.45) is 0 Å². The number of halogens is 1. The fourth-order valence-electron chi connectivity index (χ4n) is 5.05. The van der Waals surface area contributed by atoms with Crippen LogP contribution >= 0.6 is 11.6 Å². The minimum Gasteiger partial charge on any atom is -0.355 e. The van der Waals surface area contributed by atoms with Crippen molar-refractivity contribution in [2.75, 3.05) is 0 Å². The van der Waals surface area contributed by atoms with E-state index >= 15 is 0 Å². The van der Waals surface area contributed by atoms with Gasteiger partial charge in [0.1, 0.15) is 0 Å². The van der Waals surface area contributed by atoms with E-state index in [2.05, 4.69) is 107 Å². The van der Waals surface area contributed by atoms with Gasteiger partial charge in [-0.3, -0.25) is 0 Å². The molecule has 7 rings (SSSR count). The molecular formula is C30H19ClN2. The lowest BCUT2D eigenvalue weighted by molar-refractivity contribution is 1.18. The topological polar surface area (TPSA) is 20.7 Å². The summed E-state index contributed by atoms with van der Waals surface area (Å²) in [6.07, 6.45) is 0. The standard InChI is InChI=1S/C30H19ClN2/c31-21-11-13-22(14-12-21)33-29-8-4-2-6-24(29)26-18-20(10-16-30(26)33)19-9-15-28-25(17-19)23-5-1-3-7-27(23)32-28/h1-18,32H. The van der Waals surface area contributed by atoms with E-state index in [1.54, 1.807) is 0 Å². The van der Waals surface area contributed by atoms with Crippen molar-refractivity contribution in [3.05, 3.63) is 114 Å². The Morgan fingerprint density at radius 3 is 2.00 bits per heavy atom. The number of benzene rings is 5. The second kappa shape index (κ2) is 6.99. The Morgan fingerprint density at radius 2 is 1.15 bits per heavy atom. The summed E-state index contributed by atoms with van der Waals surface area (Å²) in [5.74, 6) is 0. The summed E-state index contributed by atoms with van der Waals surface area (Å²) < 4.78 is 2.31. The number of nitrogens with zero attached hydrogens (tertiary/aromatic N) is 1. The molecule has 0 unspecified atom stereocenters. The van der Waals surface area contributed by atoms with Crippen molar-refractivity contribution in [3.8, 4) is 16.8 Å². The Morgan fingerprint density at radius 1 is 0.515 bits per heavy atom. The molecule has 0 bridgehead atoms. The zero-order valence-corrected chi connectivity index (χ0v) is 18.5. The zero-order chi connectivity index (χ0) is 21.9. The van der Waals surface area contributed by atoms with Gasteiger partial charge in [-0.15, -0.1) is 0 Å². The Bertz CT molecular complexity index is 1820. The summed E-state index contributed by atoms with van der Waals surface area (Å²) in [5.41, 5.74) is 8.27. The fraction of sp³-hybridized carbons (Fsp3) is 0. The monoisotopic (exact) mass is 442 g/mol. The van der Waals surface area contributed by atoms with Gasteiger partial charge in [-0.2, -0.15) is 0 Å². The van der Waals surface area contributed by atoms with Crippen LogP contribution in [0.15, 0.2) is 109 Å². The van der Waals surface area contributed by atoms with Crippen molar-refractivity contribution >= 4 is 55.2 Å². The summed E-state index contributed by atoms with van der Waals surface area (Å²) in [7, 11) is 0. The minimum atomic E-state index is 0.745. The van der Waals surface area contributed by atoms with Crippen LogP contribution in [0.5, 0.6) is 0 Å². The average Bonchev–Trinajstić information content (AvgIpc) is 3.39. The molecule has 3 heteroatoms. The number of H-pyrrole nitrogens is 1. The molecular weight excluding hydrogens is 424 g/mol. The molecule has 0 aliphatic rings. The number of fused-ring (bicyclic) bond motifs is 6. The van der Waals surface area contributed by atoms with Crippen molar-refractivity contribution < 1.29 is 0 Å². The zero-order valence-electron chi connectivity index (χ0n) is 17.7. The molecule has 5 aromatic carbocycles. The average molecular weight is 443 g/mol. The van der Waals surface area contributed by atoms with E-state index < -0.39 is 0 Å². The first kappa shape index (κ1) is 18.6. The highest BCUT2D eigenvalue weighted by atomic mass is 35.5. The largest absolute Gasteiger partial charge is 0.355 e. The molecule has 0 radical (unpaired) electrons. The summed E-state index contributed by atoms with van der Waals surface area (Å²) in [6.45, 7) is 0. The van der Waals surface area contributed by atoms with Crippen LogP contribution in [0.2, 0.25) is 5.02 Å². The molecule has 0 spiro atoms. The van der Waals surface area contributed by atoms with Gasteiger partial charge in [0.2, 0.25) is 0 Å². The highest BCUT2D eigenvalue weighted by molar-refractivity contribution is 6.30. The second-order valence-electron chi connectivity index (χ2n) is 8.49. The molecule has 0 fully saturated rings. The first-order chi connectivity index (χ1) is 16.3. The summed E-state index contributed by atoms with van der Waals surface area (Å²) in [4.78, 5) is 3.52. The predicted octanol–water partition coefficient (Wildman–Crippen LogP) is 8.74. The number of hydrogen-bond donors (Lipinski definition) is 1. The van der Waals surface area contributed by atoms with Crippen molar-refractivity contribution in [2.45, 2.75) is 0 Å². The Kier molecular flexibility index (Phi) is 3.93. The number of aromatic nitrogens is 2. The van der Waals surface area contributed by atoms with E-state index in [-0.39, 0.29) is 0 Å². The SMILES string of the molecule is Clc1ccc(-n2c3ccccc3c3cc(-c4ccc5[nH]c6ccccc6c5c4)ccc32)cc1. The molecule has 156 valence electrons. The normalized spacial score (nSPS) is 11.8. The van der Waals surface area contributed by atoms with Crippen LogP contribution in [0, 0.1) is 0 Å². The maximum absolute atomic E-state index is 6.16. The maximum Gasteiger partial charge on any atom is 0.0541 e. The maximum atomic E-state index is 6.16. The fourth-order valence-corrected chi connectivity index (χ4v) is 5.17. The van der Waals surface area contributed by atoms with Crippen LogP contribution < -0.4 is 0 Å². The van der Waals surface area contributed by atoms with E-state index in [9.17, 15) is 0 Å². The van der Waals surface area contributed by atoms with Crippen molar-refractivity contribution in [3.63, 3.8) is 0 Å². The van der Waals surface area contributed by atoms with Crippen LogP contribution in [0.1, 0.15) is 0 Å². The van der Waals surface area contributed by atoms with Gasteiger partial charge < -0.3 is 9.55 Å². The summed E-state index contributed by atoms with van der Waals surface area (Å²) in [5, 5.41) is 5.76. The number of para-hydroxylation sites is 2. The molecule has 0 amide bonds. The molecule has 0 saturated heterocycles. The van der Waals surface area contributed by atoms with Crippen LogP contribution in [0.3, 0.4) is 0 Å². The number of nitrogens with one attached hydrogen (secondary N) is 1. The van der Waals surface area contributed by atoms with Crippen LogP contribution in [0.4, 0.5) is 0 Å². The van der Waals surface area contributed by atoms with Gasteiger partial charge in [0.15, 0.2) is 0 Å².